The van der Waals surface area contributed by atoms with Gasteiger partial charge in [-0.1, -0.05) is 25.1 Å². The van der Waals surface area contributed by atoms with Crippen LogP contribution in [0.2, 0.25) is 0 Å². The SMILES string of the molecule is CCN1CCN(Cc2ccc(Nc3ncc4c(n3)Nc3ccccc3S(=O)(=O)N4)cc2C(F)(F)F)CC1. The van der Waals surface area contributed by atoms with E-state index in [0.717, 1.165) is 25.7 Å². The van der Waals surface area contributed by atoms with Crippen LogP contribution in [0.15, 0.2) is 53.6 Å². The number of aromatic nitrogens is 2. The second-order valence-corrected chi connectivity index (χ2v) is 10.5. The molecule has 1 aromatic heterocycles. The third kappa shape index (κ3) is 5.48. The van der Waals surface area contributed by atoms with Crippen LogP contribution >= 0.6 is 0 Å². The maximum atomic E-state index is 14.0. The standard InChI is InChI=1S/C24H26F3N7O2S/c1-2-33-9-11-34(12-10-33)15-16-7-8-17(13-18(16)24(25,26)27)29-23-28-14-20-22(31-23)30-19-5-3-4-6-21(19)37(35,36)32-20/h3-8,13-14,32H,2,9-12,15H2,1H3,(H2,28,29,30,31). The Morgan fingerprint density at radius 3 is 2.49 bits per heavy atom. The summed E-state index contributed by atoms with van der Waals surface area (Å²) in [6, 6.07) is 10.4. The van der Waals surface area contributed by atoms with Gasteiger partial charge in [0, 0.05) is 38.4 Å². The zero-order valence-corrected chi connectivity index (χ0v) is 20.8. The maximum absolute atomic E-state index is 14.0. The van der Waals surface area contributed by atoms with Gasteiger partial charge in [-0.15, -0.1) is 0 Å². The largest absolute Gasteiger partial charge is 0.416 e. The fourth-order valence-corrected chi connectivity index (χ4v) is 5.65. The van der Waals surface area contributed by atoms with E-state index in [1.807, 2.05) is 4.90 Å². The van der Waals surface area contributed by atoms with Crippen molar-refractivity contribution in [1.29, 1.82) is 0 Å². The molecule has 0 aliphatic carbocycles. The van der Waals surface area contributed by atoms with Gasteiger partial charge in [-0.05, 0) is 36.4 Å². The van der Waals surface area contributed by atoms with E-state index in [9.17, 15) is 21.6 Å². The quantitative estimate of drug-likeness (QED) is 0.448. The highest BCUT2D eigenvalue weighted by Gasteiger charge is 2.34. The monoisotopic (exact) mass is 533 g/mol. The van der Waals surface area contributed by atoms with Crippen LogP contribution in [0.3, 0.4) is 0 Å². The summed E-state index contributed by atoms with van der Waals surface area (Å²) in [6.07, 6.45) is -3.27. The number of alkyl halides is 3. The lowest BCUT2D eigenvalue weighted by Gasteiger charge is -2.34. The molecule has 2 aliphatic heterocycles. The van der Waals surface area contributed by atoms with E-state index in [0.29, 0.717) is 18.8 Å². The molecule has 2 aromatic carbocycles. The normalized spacial score (nSPS) is 17.6. The average molecular weight is 534 g/mol. The van der Waals surface area contributed by atoms with E-state index in [1.165, 1.54) is 18.3 Å². The lowest BCUT2D eigenvalue weighted by molar-refractivity contribution is -0.138. The molecule has 3 aromatic rings. The first-order chi connectivity index (χ1) is 17.6. The third-order valence-corrected chi connectivity index (χ3v) is 7.86. The Labute approximate surface area is 212 Å². The first-order valence-electron chi connectivity index (χ1n) is 11.8. The highest BCUT2D eigenvalue weighted by molar-refractivity contribution is 7.93. The van der Waals surface area contributed by atoms with E-state index in [1.54, 1.807) is 24.3 Å². The molecule has 1 fully saturated rings. The summed E-state index contributed by atoms with van der Waals surface area (Å²) < 4.78 is 69.6. The predicted molar refractivity (Wildman–Crippen MR) is 135 cm³/mol. The lowest BCUT2D eigenvalue weighted by Crippen LogP contribution is -2.45. The number of para-hydroxylation sites is 1. The number of anilines is 5. The Kier molecular flexibility index (Phi) is 6.68. The smallest absolute Gasteiger partial charge is 0.337 e. The number of rotatable bonds is 5. The minimum Gasteiger partial charge on any atom is -0.337 e. The van der Waals surface area contributed by atoms with Crippen LogP contribution in [-0.2, 0) is 22.7 Å². The molecule has 1 saturated heterocycles. The molecule has 0 bridgehead atoms. The predicted octanol–water partition coefficient (Wildman–Crippen LogP) is 4.23. The number of fused-ring (bicyclic) bond motifs is 2. The van der Waals surface area contributed by atoms with E-state index in [-0.39, 0.29) is 40.1 Å². The van der Waals surface area contributed by atoms with E-state index >= 15 is 0 Å². The molecule has 9 nitrogen and oxygen atoms in total. The maximum Gasteiger partial charge on any atom is 0.416 e. The number of halogens is 3. The molecule has 3 N–H and O–H groups in total. The summed E-state index contributed by atoms with van der Waals surface area (Å²) >= 11 is 0. The molecule has 0 atom stereocenters. The second-order valence-electron chi connectivity index (χ2n) is 8.89. The highest BCUT2D eigenvalue weighted by atomic mass is 32.2. The van der Waals surface area contributed by atoms with Gasteiger partial charge in [0.25, 0.3) is 10.0 Å². The molecule has 0 saturated carbocycles. The topological polar surface area (TPSA) is 102 Å². The number of likely N-dealkylation sites (N-methyl/N-ethyl adjacent to an activating group) is 1. The van der Waals surface area contributed by atoms with Crippen LogP contribution in [0.25, 0.3) is 0 Å². The van der Waals surface area contributed by atoms with Crippen LogP contribution in [0.5, 0.6) is 0 Å². The molecular weight excluding hydrogens is 507 g/mol. The van der Waals surface area contributed by atoms with Gasteiger partial charge in [0.15, 0.2) is 5.82 Å². The van der Waals surface area contributed by atoms with Crippen molar-refractivity contribution in [2.75, 3.05) is 48.1 Å². The van der Waals surface area contributed by atoms with Crippen LogP contribution in [-0.4, -0.2) is 60.9 Å². The number of nitrogens with one attached hydrogen (secondary N) is 3. The van der Waals surface area contributed by atoms with Gasteiger partial charge in [0.2, 0.25) is 5.95 Å². The fourth-order valence-electron chi connectivity index (χ4n) is 4.43. The van der Waals surface area contributed by atoms with Crippen LogP contribution in [0.4, 0.5) is 42.0 Å². The van der Waals surface area contributed by atoms with Crippen molar-refractivity contribution >= 4 is 38.9 Å². The Morgan fingerprint density at radius 1 is 1.03 bits per heavy atom. The molecule has 0 spiro atoms. The van der Waals surface area contributed by atoms with Crippen molar-refractivity contribution in [3.63, 3.8) is 0 Å². The average Bonchev–Trinajstić information content (AvgIpc) is 2.97. The van der Waals surface area contributed by atoms with Gasteiger partial charge in [0.05, 0.1) is 17.4 Å². The molecule has 196 valence electrons. The molecule has 0 radical (unpaired) electrons. The summed E-state index contributed by atoms with van der Waals surface area (Å²) in [5.74, 6) is 0.186. The minimum atomic E-state index is -4.53. The highest BCUT2D eigenvalue weighted by Crippen LogP contribution is 2.37. The molecule has 2 aliphatic rings. The second kappa shape index (κ2) is 9.80. The molecular formula is C24H26F3N7O2S. The number of piperazine rings is 1. The van der Waals surface area contributed by atoms with Gasteiger partial charge in [-0.25, -0.2) is 13.4 Å². The van der Waals surface area contributed by atoms with Gasteiger partial charge < -0.3 is 15.5 Å². The van der Waals surface area contributed by atoms with Gasteiger partial charge in [-0.3, -0.25) is 9.62 Å². The molecule has 13 heteroatoms. The lowest BCUT2D eigenvalue weighted by atomic mass is 10.0. The number of hydrogen-bond acceptors (Lipinski definition) is 8. The third-order valence-electron chi connectivity index (χ3n) is 6.44. The van der Waals surface area contributed by atoms with Gasteiger partial charge in [-0.2, -0.15) is 18.2 Å². The first-order valence-corrected chi connectivity index (χ1v) is 13.3. The summed E-state index contributed by atoms with van der Waals surface area (Å²) in [6.45, 7) is 6.32. The van der Waals surface area contributed by atoms with Crippen molar-refractivity contribution in [1.82, 2.24) is 19.8 Å². The van der Waals surface area contributed by atoms with Crippen LogP contribution < -0.4 is 15.4 Å². The van der Waals surface area contributed by atoms with Crippen molar-refractivity contribution in [3.05, 3.63) is 59.8 Å². The first kappa shape index (κ1) is 25.2. The van der Waals surface area contributed by atoms with Crippen molar-refractivity contribution in [2.24, 2.45) is 0 Å². The zero-order chi connectivity index (χ0) is 26.2. The summed E-state index contributed by atoms with van der Waals surface area (Å²) in [7, 11) is -3.85. The van der Waals surface area contributed by atoms with Crippen molar-refractivity contribution < 1.29 is 21.6 Å². The zero-order valence-electron chi connectivity index (χ0n) is 20.0. The van der Waals surface area contributed by atoms with Crippen molar-refractivity contribution in [3.8, 4) is 0 Å². The van der Waals surface area contributed by atoms with Crippen molar-refractivity contribution in [2.45, 2.75) is 24.5 Å². The van der Waals surface area contributed by atoms with Gasteiger partial charge in [0.1, 0.15) is 10.6 Å². The van der Waals surface area contributed by atoms with Crippen LogP contribution in [0, 0.1) is 0 Å². The number of hydrogen-bond donors (Lipinski definition) is 3. The number of nitrogens with zero attached hydrogens (tertiary/aromatic N) is 4. The van der Waals surface area contributed by atoms with Gasteiger partial charge >= 0.3 is 6.18 Å². The number of benzene rings is 2. The molecule has 3 heterocycles. The fraction of sp³-hybridized carbons (Fsp3) is 0.333. The van der Waals surface area contributed by atoms with E-state index < -0.39 is 21.8 Å². The summed E-state index contributed by atoms with van der Waals surface area (Å²) in [5.41, 5.74) is 0.100. The van der Waals surface area contributed by atoms with Crippen LogP contribution in [0.1, 0.15) is 18.1 Å². The summed E-state index contributed by atoms with van der Waals surface area (Å²) in [5, 5.41) is 5.78. The summed E-state index contributed by atoms with van der Waals surface area (Å²) in [4.78, 5) is 12.7. The van der Waals surface area contributed by atoms with E-state index in [2.05, 4.69) is 37.1 Å². The molecule has 0 unspecified atom stereocenters. The minimum absolute atomic E-state index is 0.0152. The molecule has 37 heavy (non-hydrogen) atoms. The molecule has 5 rings (SSSR count). The Morgan fingerprint density at radius 2 is 1.76 bits per heavy atom. The number of sulfonamides is 1. The van der Waals surface area contributed by atoms with E-state index in [4.69, 9.17) is 0 Å². The Balaban J connectivity index is 1.39. The Bertz CT molecular complexity index is 1410. The Hall–Kier alpha value is -3.42. The molecule has 0 amide bonds.